The third-order valence-electron chi connectivity index (χ3n) is 2.63. The summed E-state index contributed by atoms with van der Waals surface area (Å²) in [6, 6.07) is 0. The Kier molecular flexibility index (Phi) is 3.54. The van der Waals surface area contributed by atoms with E-state index < -0.39 is 0 Å². The maximum absolute atomic E-state index is 9.66. The lowest BCUT2D eigenvalue weighted by Gasteiger charge is -2.24. The lowest BCUT2D eigenvalue weighted by Crippen LogP contribution is -2.21. The molecule has 0 aromatic carbocycles. The number of aliphatic hydroxyl groups is 1. The van der Waals surface area contributed by atoms with Gasteiger partial charge in [0.25, 0.3) is 0 Å². The van der Waals surface area contributed by atoms with Crippen molar-refractivity contribution in [1.82, 2.24) is 0 Å². The Bertz CT molecular complexity index is 181. The van der Waals surface area contributed by atoms with Gasteiger partial charge in [0.1, 0.15) is 0 Å². The van der Waals surface area contributed by atoms with Gasteiger partial charge in [-0.3, -0.25) is 0 Å². The molecule has 0 aliphatic heterocycles. The van der Waals surface area contributed by atoms with E-state index in [1.54, 1.807) is 6.08 Å². The summed E-state index contributed by atoms with van der Waals surface area (Å²) in [5.74, 6) is 0.465. The molecule has 0 aromatic heterocycles. The van der Waals surface area contributed by atoms with Gasteiger partial charge < -0.3 is 5.11 Å². The van der Waals surface area contributed by atoms with Crippen molar-refractivity contribution in [2.24, 2.45) is 5.92 Å². The molecule has 1 aliphatic carbocycles. The Balaban J connectivity index is 2.39. The first-order valence-electron chi connectivity index (χ1n) is 4.68. The molecule has 0 amide bonds. The van der Waals surface area contributed by atoms with Crippen LogP contribution in [0, 0.1) is 5.92 Å². The Labute approximate surface area is 74.8 Å². The third-order valence-corrected chi connectivity index (χ3v) is 2.63. The predicted octanol–water partition coefficient (Wildman–Crippen LogP) is 2.67. The van der Waals surface area contributed by atoms with Gasteiger partial charge in [-0.05, 0) is 38.5 Å². The van der Waals surface area contributed by atoms with Crippen LogP contribution in [0.1, 0.15) is 32.6 Å². The summed E-state index contributed by atoms with van der Waals surface area (Å²) in [5.41, 5.74) is 1.47. The fourth-order valence-corrected chi connectivity index (χ4v) is 1.70. The van der Waals surface area contributed by atoms with Crippen LogP contribution in [-0.4, -0.2) is 11.2 Å². The van der Waals surface area contributed by atoms with E-state index in [-0.39, 0.29) is 6.10 Å². The highest BCUT2D eigenvalue weighted by molar-refractivity contribution is 5.04. The first-order valence-corrected chi connectivity index (χ1v) is 4.68. The van der Waals surface area contributed by atoms with Crippen molar-refractivity contribution in [3.8, 4) is 0 Å². The molecule has 0 heterocycles. The number of hydrogen-bond acceptors (Lipinski definition) is 1. The monoisotopic (exact) mass is 166 g/mol. The fourth-order valence-electron chi connectivity index (χ4n) is 1.70. The van der Waals surface area contributed by atoms with Crippen LogP contribution in [0.5, 0.6) is 0 Å². The highest BCUT2D eigenvalue weighted by Gasteiger charge is 2.19. The summed E-state index contributed by atoms with van der Waals surface area (Å²) < 4.78 is 0. The van der Waals surface area contributed by atoms with Crippen molar-refractivity contribution in [3.05, 3.63) is 24.3 Å². The van der Waals surface area contributed by atoms with Crippen molar-refractivity contribution in [2.45, 2.75) is 38.7 Å². The van der Waals surface area contributed by atoms with Crippen molar-refractivity contribution in [3.63, 3.8) is 0 Å². The van der Waals surface area contributed by atoms with Crippen molar-refractivity contribution in [1.29, 1.82) is 0 Å². The molecule has 0 fully saturated rings. The Morgan fingerprint density at radius 1 is 1.83 bits per heavy atom. The summed E-state index contributed by atoms with van der Waals surface area (Å²) in [6.07, 6.45) is 7.94. The SMILES string of the molecule is C=CCC(O)C1CC=C(C)CC1. The van der Waals surface area contributed by atoms with Crippen LogP contribution in [0.4, 0.5) is 0 Å². The second-order valence-electron chi connectivity index (χ2n) is 3.68. The number of hydrogen-bond donors (Lipinski definition) is 1. The molecule has 0 saturated heterocycles. The summed E-state index contributed by atoms with van der Waals surface area (Å²) >= 11 is 0. The Hall–Kier alpha value is -0.560. The quantitative estimate of drug-likeness (QED) is 0.639. The number of rotatable bonds is 3. The van der Waals surface area contributed by atoms with E-state index in [2.05, 4.69) is 19.6 Å². The average molecular weight is 166 g/mol. The van der Waals surface area contributed by atoms with E-state index in [1.807, 2.05) is 0 Å². The standard InChI is InChI=1S/C11H18O/c1-3-4-11(12)10-7-5-9(2)6-8-10/h3,5,10-12H,1,4,6-8H2,2H3. The zero-order valence-electron chi connectivity index (χ0n) is 7.79. The van der Waals surface area contributed by atoms with Crippen molar-refractivity contribution in [2.75, 3.05) is 0 Å². The molecule has 2 unspecified atom stereocenters. The first kappa shape index (κ1) is 9.53. The molecule has 0 bridgehead atoms. The van der Waals surface area contributed by atoms with Gasteiger partial charge in [0.15, 0.2) is 0 Å². The number of aliphatic hydroxyl groups excluding tert-OH is 1. The highest BCUT2D eigenvalue weighted by atomic mass is 16.3. The second kappa shape index (κ2) is 4.46. The van der Waals surface area contributed by atoms with E-state index in [0.717, 1.165) is 25.7 Å². The molecule has 1 aliphatic rings. The molecule has 0 radical (unpaired) electrons. The maximum atomic E-state index is 9.66. The fraction of sp³-hybridized carbons (Fsp3) is 0.636. The van der Waals surface area contributed by atoms with Crippen molar-refractivity contribution >= 4 is 0 Å². The minimum atomic E-state index is -0.174. The van der Waals surface area contributed by atoms with Gasteiger partial charge in [-0.25, -0.2) is 0 Å². The molecule has 2 atom stereocenters. The molecule has 1 heteroatoms. The highest BCUT2D eigenvalue weighted by Crippen LogP contribution is 2.26. The van der Waals surface area contributed by atoms with Crippen LogP contribution >= 0.6 is 0 Å². The Morgan fingerprint density at radius 3 is 3.08 bits per heavy atom. The number of allylic oxidation sites excluding steroid dienone is 2. The summed E-state index contributed by atoms with van der Waals surface area (Å²) in [5, 5.41) is 9.66. The molecule has 68 valence electrons. The summed E-state index contributed by atoms with van der Waals surface area (Å²) in [6.45, 7) is 5.80. The van der Waals surface area contributed by atoms with Crippen molar-refractivity contribution < 1.29 is 5.11 Å². The third kappa shape index (κ3) is 2.49. The summed E-state index contributed by atoms with van der Waals surface area (Å²) in [7, 11) is 0. The van der Waals surface area contributed by atoms with Gasteiger partial charge in [-0.1, -0.05) is 17.7 Å². The Morgan fingerprint density at radius 2 is 2.58 bits per heavy atom. The maximum Gasteiger partial charge on any atom is 0.0605 e. The predicted molar refractivity (Wildman–Crippen MR) is 51.9 cm³/mol. The lowest BCUT2D eigenvalue weighted by molar-refractivity contribution is 0.104. The van der Waals surface area contributed by atoms with E-state index >= 15 is 0 Å². The molecule has 0 saturated carbocycles. The minimum Gasteiger partial charge on any atom is -0.393 e. The molecule has 0 spiro atoms. The van der Waals surface area contributed by atoms with Crippen LogP contribution in [-0.2, 0) is 0 Å². The van der Waals surface area contributed by atoms with E-state index in [1.165, 1.54) is 5.57 Å². The molecule has 1 nitrogen and oxygen atoms in total. The molecule has 1 N–H and O–H groups in total. The molecule has 1 rings (SSSR count). The van der Waals surface area contributed by atoms with Crippen LogP contribution in [0.2, 0.25) is 0 Å². The average Bonchev–Trinajstić information content (AvgIpc) is 2.06. The van der Waals surface area contributed by atoms with Gasteiger partial charge in [0.05, 0.1) is 6.10 Å². The van der Waals surface area contributed by atoms with Crippen LogP contribution in [0.3, 0.4) is 0 Å². The normalized spacial score (nSPS) is 26.2. The lowest BCUT2D eigenvalue weighted by atomic mass is 9.85. The molecular weight excluding hydrogens is 148 g/mol. The molecule has 0 aromatic rings. The zero-order valence-corrected chi connectivity index (χ0v) is 7.79. The minimum absolute atomic E-state index is 0.174. The molecular formula is C11H18O. The van der Waals surface area contributed by atoms with Gasteiger partial charge >= 0.3 is 0 Å². The largest absolute Gasteiger partial charge is 0.393 e. The summed E-state index contributed by atoms with van der Waals surface area (Å²) in [4.78, 5) is 0. The van der Waals surface area contributed by atoms with E-state index in [4.69, 9.17) is 0 Å². The smallest absolute Gasteiger partial charge is 0.0605 e. The van der Waals surface area contributed by atoms with Crippen LogP contribution in [0.15, 0.2) is 24.3 Å². The van der Waals surface area contributed by atoms with Crippen LogP contribution in [0.25, 0.3) is 0 Å². The second-order valence-corrected chi connectivity index (χ2v) is 3.68. The van der Waals surface area contributed by atoms with E-state index in [0.29, 0.717) is 5.92 Å². The van der Waals surface area contributed by atoms with Gasteiger partial charge in [0.2, 0.25) is 0 Å². The topological polar surface area (TPSA) is 20.2 Å². The zero-order chi connectivity index (χ0) is 8.97. The van der Waals surface area contributed by atoms with Gasteiger partial charge in [-0.2, -0.15) is 0 Å². The van der Waals surface area contributed by atoms with Gasteiger partial charge in [-0.15, -0.1) is 6.58 Å². The molecule has 12 heavy (non-hydrogen) atoms. The van der Waals surface area contributed by atoms with E-state index in [9.17, 15) is 5.11 Å². The van der Waals surface area contributed by atoms with Crippen LogP contribution < -0.4 is 0 Å². The van der Waals surface area contributed by atoms with Gasteiger partial charge in [0, 0.05) is 0 Å². The first-order chi connectivity index (χ1) is 5.74.